The van der Waals surface area contributed by atoms with Gasteiger partial charge in [0.05, 0.1) is 17.9 Å². The van der Waals surface area contributed by atoms with Crippen molar-refractivity contribution in [2.45, 2.75) is 12.8 Å². The maximum Gasteiger partial charge on any atom is 0.334 e. The Morgan fingerprint density at radius 2 is 2.00 bits per heavy atom. The van der Waals surface area contributed by atoms with E-state index in [1.807, 2.05) is 0 Å². The number of hydrogen-bond acceptors (Lipinski definition) is 7. The Balaban J connectivity index is 2.32. The van der Waals surface area contributed by atoms with Crippen molar-refractivity contribution < 1.29 is 29.5 Å². The summed E-state index contributed by atoms with van der Waals surface area (Å²) in [5.41, 5.74) is 0.863. The summed E-state index contributed by atoms with van der Waals surface area (Å²) in [5, 5.41) is 36.1. The molecule has 0 radical (unpaired) electrons. The summed E-state index contributed by atoms with van der Waals surface area (Å²) >= 11 is 0. The molecule has 3 N–H and O–H groups in total. The molecular formula is C15H13N3O6. The molecule has 24 heavy (non-hydrogen) atoms. The van der Waals surface area contributed by atoms with Crippen molar-refractivity contribution in [1.29, 1.82) is 0 Å². The van der Waals surface area contributed by atoms with E-state index in [0.29, 0.717) is 11.1 Å². The summed E-state index contributed by atoms with van der Waals surface area (Å²) in [6.45, 7) is 0.871. The molecule has 2 heterocycles. The van der Waals surface area contributed by atoms with Gasteiger partial charge in [-0.1, -0.05) is 12.1 Å². The molecule has 0 aliphatic carbocycles. The van der Waals surface area contributed by atoms with Gasteiger partial charge in [0.2, 0.25) is 0 Å². The third-order valence-corrected chi connectivity index (χ3v) is 4.02. The van der Waals surface area contributed by atoms with E-state index in [2.05, 4.69) is 19.9 Å². The molecule has 1 aromatic heterocycles. The average molecular weight is 331 g/mol. The predicted molar refractivity (Wildman–Crippen MR) is 80.5 cm³/mol. The second-order valence-corrected chi connectivity index (χ2v) is 5.35. The fourth-order valence-corrected chi connectivity index (χ4v) is 3.04. The van der Waals surface area contributed by atoms with Crippen LogP contribution >= 0.6 is 0 Å². The fraction of sp³-hybridized carbons (Fsp3) is 0.267. The van der Waals surface area contributed by atoms with E-state index in [1.165, 1.54) is 6.92 Å². The number of aliphatic carboxylic acids is 2. The Kier molecular flexibility index (Phi) is 3.86. The lowest BCUT2D eigenvalue weighted by Crippen LogP contribution is -2.35. The number of rotatable bonds is 4. The number of carboxylic acids is 2. The Morgan fingerprint density at radius 1 is 1.25 bits per heavy atom. The van der Waals surface area contributed by atoms with Crippen molar-refractivity contribution in [1.82, 2.24) is 10.3 Å². The van der Waals surface area contributed by atoms with Crippen molar-refractivity contribution in [3.05, 3.63) is 35.0 Å². The first-order chi connectivity index (χ1) is 11.5. The molecule has 0 fully saturated rings. The number of aliphatic hydroxyl groups is 1. The van der Waals surface area contributed by atoms with E-state index >= 15 is 0 Å². The monoisotopic (exact) mass is 331 g/mol. The molecule has 0 bridgehead atoms. The van der Waals surface area contributed by atoms with Crippen LogP contribution in [-0.4, -0.2) is 49.9 Å². The van der Waals surface area contributed by atoms with Crippen molar-refractivity contribution in [2.75, 3.05) is 6.61 Å². The van der Waals surface area contributed by atoms with Crippen LogP contribution in [0.2, 0.25) is 0 Å². The van der Waals surface area contributed by atoms with Gasteiger partial charge in [-0.25, -0.2) is 9.42 Å². The van der Waals surface area contributed by atoms with Gasteiger partial charge >= 0.3 is 11.9 Å². The van der Waals surface area contributed by atoms with E-state index in [4.69, 9.17) is 0 Å². The van der Waals surface area contributed by atoms with E-state index in [-0.39, 0.29) is 22.5 Å². The molecule has 1 aliphatic rings. The summed E-state index contributed by atoms with van der Waals surface area (Å²) in [6, 6.07) is 4.80. The summed E-state index contributed by atoms with van der Waals surface area (Å²) in [5.74, 6) is -4.84. The third kappa shape index (κ3) is 2.35. The zero-order valence-corrected chi connectivity index (χ0v) is 12.5. The number of aliphatic hydroxyl groups excluding tert-OH is 1. The molecule has 0 spiro atoms. The van der Waals surface area contributed by atoms with Crippen molar-refractivity contribution in [3.63, 3.8) is 0 Å². The number of aliphatic imine (C=N–C) groups is 1. The Morgan fingerprint density at radius 3 is 2.62 bits per heavy atom. The van der Waals surface area contributed by atoms with E-state index in [1.54, 1.807) is 18.2 Å². The van der Waals surface area contributed by atoms with Crippen LogP contribution < -0.4 is 0 Å². The Bertz CT molecular complexity index is 898. The molecule has 9 nitrogen and oxygen atoms in total. The molecule has 2 atom stereocenters. The second-order valence-electron chi connectivity index (χ2n) is 5.35. The fourth-order valence-electron chi connectivity index (χ4n) is 3.04. The highest BCUT2D eigenvalue weighted by atomic mass is 16.6. The normalized spacial score (nSPS) is 21.0. The van der Waals surface area contributed by atoms with Crippen LogP contribution in [0.3, 0.4) is 0 Å². The zero-order chi connectivity index (χ0) is 17.4. The first kappa shape index (κ1) is 15.8. The van der Waals surface area contributed by atoms with Crippen molar-refractivity contribution in [2.24, 2.45) is 10.9 Å². The van der Waals surface area contributed by atoms with Gasteiger partial charge in [-0.2, -0.15) is 0 Å². The van der Waals surface area contributed by atoms with Crippen molar-refractivity contribution in [3.8, 4) is 0 Å². The summed E-state index contributed by atoms with van der Waals surface area (Å²) < 4.78 is 4.68. The summed E-state index contributed by atoms with van der Waals surface area (Å²) in [4.78, 5) is 27.5. The molecule has 1 aromatic carbocycles. The first-order valence-corrected chi connectivity index (χ1v) is 7.02. The predicted octanol–water partition coefficient (Wildman–Crippen LogP) is 0.813. The molecule has 0 saturated carbocycles. The Labute approximate surface area is 134 Å². The van der Waals surface area contributed by atoms with Gasteiger partial charge in [-0.3, -0.25) is 9.79 Å². The molecule has 9 heteroatoms. The third-order valence-electron chi connectivity index (χ3n) is 4.02. The SMILES string of the molecule is CC1=NC(CO)=C(C(=O)O)C(c2cccc3nonc23)C1C(=O)O. The van der Waals surface area contributed by atoms with Gasteiger partial charge in [-0.05, 0) is 28.9 Å². The number of carbonyl (C=O) groups is 2. The van der Waals surface area contributed by atoms with Crippen LogP contribution in [0.15, 0.2) is 39.1 Å². The van der Waals surface area contributed by atoms with Gasteiger partial charge in [0, 0.05) is 11.6 Å². The molecule has 2 unspecified atom stereocenters. The Hall–Kier alpha value is -3.07. The van der Waals surface area contributed by atoms with Crippen LogP contribution in [0.4, 0.5) is 0 Å². The number of aromatic nitrogens is 2. The molecule has 0 saturated heterocycles. The molecule has 124 valence electrons. The zero-order valence-electron chi connectivity index (χ0n) is 12.5. The van der Waals surface area contributed by atoms with E-state index < -0.39 is 30.4 Å². The lowest BCUT2D eigenvalue weighted by molar-refractivity contribution is -0.140. The van der Waals surface area contributed by atoms with Gasteiger partial charge < -0.3 is 15.3 Å². The maximum atomic E-state index is 11.8. The second kappa shape index (κ2) is 5.85. The lowest BCUT2D eigenvalue weighted by atomic mass is 9.75. The maximum absolute atomic E-state index is 11.8. The molecule has 0 amide bonds. The average Bonchev–Trinajstić information content (AvgIpc) is 3.01. The number of hydrogen-bond donors (Lipinski definition) is 3. The van der Waals surface area contributed by atoms with Crippen LogP contribution in [0.5, 0.6) is 0 Å². The molecule has 2 aromatic rings. The highest BCUT2D eigenvalue weighted by Crippen LogP contribution is 2.41. The van der Waals surface area contributed by atoms with E-state index in [0.717, 1.165) is 0 Å². The van der Waals surface area contributed by atoms with Gasteiger partial charge in [0.15, 0.2) is 0 Å². The topological polar surface area (TPSA) is 146 Å². The molecular weight excluding hydrogens is 318 g/mol. The van der Waals surface area contributed by atoms with Gasteiger partial charge in [-0.15, -0.1) is 0 Å². The van der Waals surface area contributed by atoms with E-state index in [9.17, 15) is 24.9 Å². The minimum absolute atomic E-state index is 0.0732. The summed E-state index contributed by atoms with van der Waals surface area (Å²) in [7, 11) is 0. The summed E-state index contributed by atoms with van der Waals surface area (Å²) in [6.07, 6.45) is 0. The lowest BCUT2D eigenvalue weighted by Gasteiger charge is -2.29. The highest BCUT2D eigenvalue weighted by Gasteiger charge is 2.42. The molecule has 3 rings (SSSR count). The smallest absolute Gasteiger partial charge is 0.334 e. The quantitative estimate of drug-likeness (QED) is 0.746. The minimum Gasteiger partial charge on any atom is -0.481 e. The van der Waals surface area contributed by atoms with Crippen LogP contribution in [0, 0.1) is 5.92 Å². The minimum atomic E-state index is -1.35. The van der Waals surface area contributed by atoms with Crippen LogP contribution in [0.1, 0.15) is 18.4 Å². The van der Waals surface area contributed by atoms with Crippen LogP contribution in [-0.2, 0) is 9.59 Å². The van der Waals surface area contributed by atoms with Crippen LogP contribution in [0.25, 0.3) is 11.0 Å². The van der Waals surface area contributed by atoms with Crippen molar-refractivity contribution >= 4 is 28.7 Å². The number of benzene rings is 1. The first-order valence-electron chi connectivity index (χ1n) is 7.02. The van der Waals surface area contributed by atoms with Gasteiger partial charge in [0.25, 0.3) is 0 Å². The largest absolute Gasteiger partial charge is 0.481 e. The highest BCUT2D eigenvalue weighted by molar-refractivity contribution is 6.07. The number of carboxylic acid groups (broad SMARTS) is 2. The standard InChI is InChI=1S/C15H13N3O6/c1-6-10(14(20)21)11(12(15(22)23)9(5-19)16-6)7-3-2-4-8-13(7)18-24-17-8/h2-4,10-11,19H,5H2,1H3,(H,20,21)(H,22,23). The molecule has 1 aliphatic heterocycles. The number of fused-ring (bicyclic) bond motifs is 1. The van der Waals surface area contributed by atoms with Gasteiger partial charge in [0.1, 0.15) is 17.0 Å². The number of nitrogens with zero attached hydrogens (tertiary/aromatic N) is 3.